The topological polar surface area (TPSA) is 63.7 Å². The number of aromatic nitrogens is 1. The van der Waals surface area contributed by atoms with Crippen LogP contribution in [0.2, 0.25) is 0 Å². The second-order valence-electron chi connectivity index (χ2n) is 5.78. The van der Waals surface area contributed by atoms with Crippen LogP contribution >= 0.6 is 11.3 Å². The Morgan fingerprint density at radius 1 is 1.38 bits per heavy atom. The number of rotatable bonds is 5. The Morgan fingerprint density at radius 3 is 2.83 bits per heavy atom. The number of ether oxygens (including phenoxy) is 2. The monoisotopic (exact) mass is 347 g/mol. The van der Waals surface area contributed by atoms with Gasteiger partial charge in [0.25, 0.3) is 0 Å². The van der Waals surface area contributed by atoms with Gasteiger partial charge in [0.1, 0.15) is 13.2 Å². The van der Waals surface area contributed by atoms with E-state index in [-0.39, 0.29) is 11.9 Å². The van der Waals surface area contributed by atoms with Gasteiger partial charge in [-0.05, 0) is 33.0 Å². The van der Waals surface area contributed by atoms with Crippen molar-refractivity contribution in [2.45, 2.75) is 26.4 Å². The summed E-state index contributed by atoms with van der Waals surface area (Å²) in [5.74, 6) is 1.32. The van der Waals surface area contributed by atoms with Crippen LogP contribution in [-0.2, 0) is 11.3 Å². The Bertz CT molecular complexity index is 732. The lowest BCUT2D eigenvalue weighted by molar-refractivity contribution is -0.120. The molecular weight excluding hydrogens is 326 g/mol. The Hall–Kier alpha value is -2.12. The molecule has 1 aromatic heterocycles. The van der Waals surface area contributed by atoms with E-state index < -0.39 is 0 Å². The van der Waals surface area contributed by atoms with Gasteiger partial charge in [0.15, 0.2) is 11.5 Å². The fourth-order valence-corrected chi connectivity index (χ4v) is 3.29. The van der Waals surface area contributed by atoms with Crippen molar-refractivity contribution < 1.29 is 14.3 Å². The first kappa shape index (κ1) is 16.7. The van der Waals surface area contributed by atoms with Crippen molar-refractivity contribution in [1.29, 1.82) is 0 Å². The minimum atomic E-state index is -0.263. The van der Waals surface area contributed by atoms with Crippen molar-refractivity contribution in [2.75, 3.05) is 25.6 Å². The second-order valence-corrected chi connectivity index (χ2v) is 7.10. The van der Waals surface area contributed by atoms with E-state index in [2.05, 4.69) is 10.3 Å². The van der Waals surface area contributed by atoms with Gasteiger partial charge in [-0.25, -0.2) is 4.98 Å². The zero-order valence-electron chi connectivity index (χ0n) is 14.0. The van der Waals surface area contributed by atoms with Crippen LogP contribution in [0.1, 0.15) is 16.8 Å². The number of anilines is 1. The van der Waals surface area contributed by atoms with Crippen molar-refractivity contribution >= 4 is 22.9 Å². The molecule has 1 aliphatic rings. The van der Waals surface area contributed by atoms with E-state index in [1.807, 2.05) is 44.1 Å². The van der Waals surface area contributed by atoms with Gasteiger partial charge in [-0.15, -0.1) is 11.3 Å². The third-order valence-electron chi connectivity index (χ3n) is 3.92. The number of benzene rings is 1. The molecule has 2 aromatic rings. The fourth-order valence-electron chi connectivity index (χ4n) is 2.43. The fraction of sp³-hybridized carbons (Fsp3) is 0.412. The molecule has 0 fully saturated rings. The zero-order chi connectivity index (χ0) is 17.1. The van der Waals surface area contributed by atoms with Gasteiger partial charge in [0.05, 0.1) is 11.0 Å². The highest BCUT2D eigenvalue weighted by molar-refractivity contribution is 7.11. The number of thiazole rings is 1. The Balaban J connectivity index is 1.61. The van der Waals surface area contributed by atoms with E-state index >= 15 is 0 Å². The quantitative estimate of drug-likeness (QED) is 0.901. The van der Waals surface area contributed by atoms with E-state index in [1.54, 1.807) is 17.4 Å². The number of fused-ring (bicyclic) bond motifs is 1. The van der Waals surface area contributed by atoms with Crippen LogP contribution in [0.4, 0.5) is 5.69 Å². The summed E-state index contributed by atoms with van der Waals surface area (Å²) in [4.78, 5) is 19.9. The molecular formula is C17H21N3O3S. The van der Waals surface area contributed by atoms with Gasteiger partial charge in [-0.3, -0.25) is 9.69 Å². The molecule has 1 amide bonds. The molecule has 0 radical (unpaired) electrons. The molecule has 0 saturated carbocycles. The molecule has 1 aromatic carbocycles. The number of aryl methyl sites for hydroxylation is 1. The first-order chi connectivity index (χ1) is 11.5. The maximum Gasteiger partial charge on any atom is 0.241 e. The Kier molecular flexibility index (Phi) is 5.01. The molecule has 0 aliphatic carbocycles. The summed E-state index contributed by atoms with van der Waals surface area (Å²) < 4.78 is 11.0. The lowest BCUT2D eigenvalue weighted by Crippen LogP contribution is -2.39. The third kappa shape index (κ3) is 3.85. The number of hydrogen-bond acceptors (Lipinski definition) is 6. The highest BCUT2D eigenvalue weighted by atomic mass is 32.1. The summed E-state index contributed by atoms with van der Waals surface area (Å²) in [6.07, 6.45) is 1.86. The second kappa shape index (κ2) is 7.19. The van der Waals surface area contributed by atoms with Crippen LogP contribution in [0.25, 0.3) is 0 Å². The number of carbonyl (C=O) groups excluding carboxylic acids is 1. The van der Waals surface area contributed by atoms with E-state index in [1.165, 1.54) is 0 Å². The normalized spacial score (nSPS) is 14.5. The van der Waals surface area contributed by atoms with Gasteiger partial charge >= 0.3 is 0 Å². The smallest absolute Gasteiger partial charge is 0.241 e. The molecule has 0 bridgehead atoms. The molecule has 0 unspecified atom stereocenters. The average Bonchev–Trinajstić information content (AvgIpc) is 2.98. The minimum absolute atomic E-state index is 0.0598. The Morgan fingerprint density at radius 2 is 2.12 bits per heavy atom. The molecule has 1 aliphatic heterocycles. The van der Waals surface area contributed by atoms with Crippen LogP contribution < -0.4 is 14.8 Å². The highest BCUT2D eigenvalue weighted by Gasteiger charge is 2.20. The largest absolute Gasteiger partial charge is 0.486 e. The number of nitrogens with zero attached hydrogens (tertiary/aromatic N) is 2. The standard InChI is InChI=1S/C17H21N3O3S/c1-11(20(3)10-14-9-18-12(2)24-14)17(21)19-13-4-5-15-16(8-13)23-7-6-22-15/h4-5,8-9,11H,6-7,10H2,1-3H3,(H,19,21)/t11-/m0/s1. The highest BCUT2D eigenvalue weighted by Crippen LogP contribution is 2.32. The zero-order valence-corrected chi connectivity index (χ0v) is 14.9. The van der Waals surface area contributed by atoms with E-state index in [0.717, 1.165) is 9.88 Å². The van der Waals surface area contributed by atoms with Crippen LogP contribution in [0.5, 0.6) is 11.5 Å². The summed E-state index contributed by atoms with van der Waals surface area (Å²) >= 11 is 1.65. The van der Waals surface area contributed by atoms with Gasteiger partial charge in [0.2, 0.25) is 5.91 Å². The molecule has 2 heterocycles. The number of likely N-dealkylation sites (N-methyl/N-ethyl adjacent to an activating group) is 1. The molecule has 24 heavy (non-hydrogen) atoms. The predicted molar refractivity (Wildman–Crippen MR) is 93.8 cm³/mol. The summed E-state index contributed by atoms with van der Waals surface area (Å²) in [5.41, 5.74) is 0.707. The summed E-state index contributed by atoms with van der Waals surface area (Å²) in [7, 11) is 1.93. The third-order valence-corrected chi connectivity index (χ3v) is 4.82. The maximum absolute atomic E-state index is 12.5. The molecule has 3 rings (SSSR count). The average molecular weight is 347 g/mol. The molecule has 0 spiro atoms. The maximum atomic E-state index is 12.5. The molecule has 1 atom stereocenters. The van der Waals surface area contributed by atoms with Crippen LogP contribution in [0.15, 0.2) is 24.4 Å². The van der Waals surface area contributed by atoms with Gasteiger partial charge in [0, 0.05) is 29.4 Å². The van der Waals surface area contributed by atoms with Crippen molar-refractivity contribution in [3.05, 3.63) is 34.3 Å². The number of carbonyl (C=O) groups is 1. The number of hydrogen-bond donors (Lipinski definition) is 1. The number of amides is 1. The van der Waals surface area contributed by atoms with E-state index in [0.29, 0.717) is 36.9 Å². The van der Waals surface area contributed by atoms with Crippen LogP contribution in [0.3, 0.4) is 0 Å². The van der Waals surface area contributed by atoms with Gasteiger partial charge in [-0.2, -0.15) is 0 Å². The minimum Gasteiger partial charge on any atom is -0.486 e. The van der Waals surface area contributed by atoms with Crippen molar-refractivity contribution in [3.63, 3.8) is 0 Å². The van der Waals surface area contributed by atoms with E-state index in [9.17, 15) is 4.79 Å². The first-order valence-electron chi connectivity index (χ1n) is 7.85. The van der Waals surface area contributed by atoms with Gasteiger partial charge in [-0.1, -0.05) is 0 Å². The molecule has 128 valence electrons. The van der Waals surface area contributed by atoms with Crippen molar-refractivity contribution in [2.24, 2.45) is 0 Å². The predicted octanol–water partition coefficient (Wildman–Crippen LogP) is 2.68. The van der Waals surface area contributed by atoms with Gasteiger partial charge < -0.3 is 14.8 Å². The first-order valence-corrected chi connectivity index (χ1v) is 8.66. The molecule has 0 saturated heterocycles. The molecule has 7 heteroatoms. The molecule has 1 N–H and O–H groups in total. The van der Waals surface area contributed by atoms with Crippen LogP contribution in [0, 0.1) is 6.92 Å². The van der Waals surface area contributed by atoms with E-state index in [4.69, 9.17) is 9.47 Å². The lowest BCUT2D eigenvalue weighted by Gasteiger charge is -2.24. The summed E-state index contributed by atoms with van der Waals surface area (Å²) in [5, 5.41) is 3.97. The lowest BCUT2D eigenvalue weighted by atomic mass is 10.2. The Labute approximate surface area is 145 Å². The summed E-state index contributed by atoms with van der Waals surface area (Å²) in [6.45, 7) is 5.64. The molecule has 6 nitrogen and oxygen atoms in total. The van der Waals surface area contributed by atoms with Crippen molar-refractivity contribution in [1.82, 2.24) is 9.88 Å². The number of nitrogens with one attached hydrogen (secondary N) is 1. The van der Waals surface area contributed by atoms with Crippen LogP contribution in [-0.4, -0.2) is 42.1 Å². The SMILES string of the molecule is Cc1ncc(CN(C)[C@@H](C)C(=O)Nc2ccc3c(c2)OCCO3)s1. The summed E-state index contributed by atoms with van der Waals surface area (Å²) in [6, 6.07) is 5.18. The van der Waals surface area contributed by atoms with Crippen molar-refractivity contribution in [3.8, 4) is 11.5 Å².